The molecule has 0 aliphatic heterocycles. The molecule has 5 heteroatoms. The minimum absolute atomic E-state index is 0.153. The van der Waals surface area contributed by atoms with Gasteiger partial charge in [-0.05, 0) is 44.5 Å². The number of hydrogen-bond donors (Lipinski definition) is 1. The lowest BCUT2D eigenvalue weighted by atomic mass is 9.98. The molecule has 1 aromatic heterocycles. The van der Waals surface area contributed by atoms with E-state index in [4.69, 9.17) is 4.52 Å². The second-order valence-electron chi connectivity index (χ2n) is 5.28. The van der Waals surface area contributed by atoms with Crippen LogP contribution in [0.3, 0.4) is 0 Å². The number of benzene rings is 1. The van der Waals surface area contributed by atoms with Crippen molar-refractivity contribution in [3.8, 4) is 11.4 Å². The standard InChI is InChI=1S/C16H22FN3O/c1-5-13(11(4)18-6-2)16-19-15(20-21-16)14-9-12(17)8-7-10(14)3/h7-9,11,13,18H,5-6H2,1-4H3. The molecular weight excluding hydrogens is 269 g/mol. The van der Waals surface area contributed by atoms with Crippen molar-refractivity contribution in [3.05, 3.63) is 35.5 Å². The maximum Gasteiger partial charge on any atom is 0.231 e. The molecular formula is C16H22FN3O. The predicted molar refractivity (Wildman–Crippen MR) is 80.6 cm³/mol. The van der Waals surface area contributed by atoms with Crippen molar-refractivity contribution in [2.24, 2.45) is 0 Å². The van der Waals surface area contributed by atoms with E-state index in [-0.39, 0.29) is 17.8 Å². The zero-order valence-corrected chi connectivity index (χ0v) is 13.0. The van der Waals surface area contributed by atoms with E-state index < -0.39 is 0 Å². The fourth-order valence-corrected chi connectivity index (χ4v) is 2.54. The van der Waals surface area contributed by atoms with Crippen LogP contribution in [-0.4, -0.2) is 22.7 Å². The van der Waals surface area contributed by atoms with Crippen LogP contribution in [0.2, 0.25) is 0 Å². The van der Waals surface area contributed by atoms with E-state index in [1.807, 2.05) is 6.92 Å². The van der Waals surface area contributed by atoms with Crippen LogP contribution in [0.1, 0.15) is 44.6 Å². The molecule has 0 radical (unpaired) electrons. The Morgan fingerprint density at radius 3 is 2.76 bits per heavy atom. The molecule has 114 valence electrons. The minimum Gasteiger partial charge on any atom is -0.339 e. The van der Waals surface area contributed by atoms with Crippen LogP contribution in [-0.2, 0) is 0 Å². The summed E-state index contributed by atoms with van der Waals surface area (Å²) in [4.78, 5) is 4.47. The number of aryl methyl sites for hydroxylation is 1. The topological polar surface area (TPSA) is 51.0 Å². The number of nitrogens with one attached hydrogen (secondary N) is 1. The monoisotopic (exact) mass is 291 g/mol. The quantitative estimate of drug-likeness (QED) is 0.882. The first-order valence-electron chi connectivity index (χ1n) is 7.40. The smallest absolute Gasteiger partial charge is 0.231 e. The van der Waals surface area contributed by atoms with Crippen LogP contribution in [0, 0.1) is 12.7 Å². The summed E-state index contributed by atoms with van der Waals surface area (Å²) in [5.74, 6) is 0.906. The number of rotatable bonds is 6. The van der Waals surface area contributed by atoms with E-state index in [1.54, 1.807) is 6.07 Å². The zero-order valence-electron chi connectivity index (χ0n) is 13.0. The van der Waals surface area contributed by atoms with Crippen molar-refractivity contribution in [1.29, 1.82) is 0 Å². The molecule has 2 atom stereocenters. The molecule has 0 saturated heterocycles. The van der Waals surface area contributed by atoms with E-state index in [0.717, 1.165) is 18.5 Å². The summed E-state index contributed by atoms with van der Waals surface area (Å²) in [6, 6.07) is 4.85. The van der Waals surface area contributed by atoms with Crippen LogP contribution in [0.4, 0.5) is 4.39 Å². The average Bonchev–Trinajstić information content (AvgIpc) is 2.92. The fraction of sp³-hybridized carbons (Fsp3) is 0.500. The Morgan fingerprint density at radius 1 is 1.33 bits per heavy atom. The third kappa shape index (κ3) is 3.47. The Morgan fingerprint density at radius 2 is 2.10 bits per heavy atom. The SMILES string of the molecule is CCNC(C)C(CC)c1nc(-c2cc(F)ccc2C)no1. The van der Waals surface area contributed by atoms with Crippen molar-refractivity contribution in [2.75, 3.05) is 6.54 Å². The summed E-state index contributed by atoms with van der Waals surface area (Å²) < 4.78 is 18.8. The number of nitrogens with zero attached hydrogens (tertiary/aromatic N) is 2. The fourth-order valence-electron chi connectivity index (χ4n) is 2.54. The highest BCUT2D eigenvalue weighted by Crippen LogP contribution is 2.26. The van der Waals surface area contributed by atoms with Gasteiger partial charge in [0.15, 0.2) is 0 Å². The molecule has 2 unspecified atom stereocenters. The van der Waals surface area contributed by atoms with Gasteiger partial charge in [0.2, 0.25) is 11.7 Å². The maximum absolute atomic E-state index is 13.4. The first-order valence-corrected chi connectivity index (χ1v) is 7.40. The lowest BCUT2D eigenvalue weighted by Crippen LogP contribution is -2.31. The lowest BCUT2D eigenvalue weighted by molar-refractivity contribution is 0.318. The molecule has 0 aliphatic rings. The van der Waals surface area contributed by atoms with Gasteiger partial charge in [0.1, 0.15) is 5.82 Å². The molecule has 0 aliphatic carbocycles. The van der Waals surface area contributed by atoms with Crippen molar-refractivity contribution in [2.45, 2.75) is 46.1 Å². The van der Waals surface area contributed by atoms with Crippen molar-refractivity contribution >= 4 is 0 Å². The lowest BCUT2D eigenvalue weighted by Gasteiger charge is -2.19. The van der Waals surface area contributed by atoms with Gasteiger partial charge in [-0.15, -0.1) is 0 Å². The van der Waals surface area contributed by atoms with Gasteiger partial charge in [-0.2, -0.15) is 4.98 Å². The molecule has 21 heavy (non-hydrogen) atoms. The summed E-state index contributed by atoms with van der Waals surface area (Å²) in [5.41, 5.74) is 1.60. The molecule has 0 amide bonds. The Labute approximate surface area is 124 Å². The summed E-state index contributed by atoms with van der Waals surface area (Å²) >= 11 is 0. The van der Waals surface area contributed by atoms with Crippen LogP contribution in [0.5, 0.6) is 0 Å². The number of halogens is 1. The third-order valence-electron chi connectivity index (χ3n) is 3.77. The Bertz CT molecular complexity index is 597. The second kappa shape index (κ2) is 6.80. The van der Waals surface area contributed by atoms with Crippen molar-refractivity contribution < 1.29 is 8.91 Å². The molecule has 1 heterocycles. The van der Waals surface area contributed by atoms with Gasteiger partial charge in [-0.25, -0.2) is 4.39 Å². The van der Waals surface area contributed by atoms with E-state index in [1.165, 1.54) is 12.1 Å². The maximum atomic E-state index is 13.4. The third-order valence-corrected chi connectivity index (χ3v) is 3.77. The first kappa shape index (κ1) is 15.6. The van der Waals surface area contributed by atoms with Crippen LogP contribution >= 0.6 is 0 Å². The van der Waals surface area contributed by atoms with Gasteiger partial charge < -0.3 is 9.84 Å². The van der Waals surface area contributed by atoms with Crippen LogP contribution < -0.4 is 5.32 Å². The number of likely N-dealkylation sites (N-methyl/N-ethyl adjacent to an activating group) is 1. The molecule has 2 rings (SSSR count). The number of aromatic nitrogens is 2. The van der Waals surface area contributed by atoms with Crippen molar-refractivity contribution in [3.63, 3.8) is 0 Å². The van der Waals surface area contributed by atoms with Crippen LogP contribution in [0.15, 0.2) is 22.7 Å². The Balaban J connectivity index is 2.30. The highest BCUT2D eigenvalue weighted by Gasteiger charge is 2.23. The van der Waals surface area contributed by atoms with Gasteiger partial charge >= 0.3 is 0 Å². The van der Waals surface area contributed by atoms with E-state index >= 15 is 0 Å². The summed E-state index contributed by atoms with van der Waals surface area (Å²) in [7, 11) is 0. The first-order chi connectivity index (χ1) is 10.1. The molecule has 1 N–H and O–H groups in total. The molecule has 0 saturated carbocycles. The molecule has 4 nitrogen and oxygen atoms in total. The minimum atomic E-state index is -0.296. The summed E-state index contributed by atoms with van der Waals surface area (Å²) in [6.07, 6.45) is 0.901. The molecule has 2 aromatic rings. The number of hydrogen-bond acceptors (Lipinski definition) is 4. The van der Waals surface area contributed by atoms with E-state index in [9.17, 15) is 4.39 Å². The summed E-state index contributed by atoms with van der Waals surface area (Å²) in [5, 5.41) is 7.40. The largest absolute Gasteiger partial charge is 0.339 e. The molecule has 0 fully saturated rings. The van der Waals surface area contributed by atoms with Gasteiger partial charge in [0.25, 0.3) is 0 Å². The Kier molecular flexibility index (Phi) is 5.07. The molecule has 0 bridgehead atoms. The van der Waals surface area contributed by atoms with Gasteiger partial charge in [0.05, 0.1) is 5.92 Å². The highest BCUT2D eigenvalue weighted by molar-refractivity contribution is 5.59. The van der Waals surface area contributed by atoms with Crippen molar-refractivity contribution in [1.82, 2.24) is 15.5 Å². The highest BCUT2D eigenvalue weighted by atomic mass is 19.1. The molecule has 0 spiro atoms. The molecule has 1 aromatic carbocycles. The average molecular weight is 291 g/mol. The zero-order chi connectivity index (χ0) is 15.4. The van der Waals surface area contributed by atoms with Gasteiger partial charge in [-0.1, -0.05) is 25.1 Å². The summed E-state index contributed by atoms with van der Waals surface area (Å²) in [6.45, 7) is 9.06. The normalized spacial score (nSPS) is 14.1. The van der Waals surface area contributed by atoms with E-state index in [2.05, 4.69) is 36.2 Å². The van der Waals surface area contributed by atoms with Gasteiger partial charge in [0, 0.05) is 11.6 Å². The van der Waals surface area contributed by atoms with Gasteiger partial charge in [-0.3, -0.25) is 0 Å². The van der Waals surface area contributed by atoms with E-state index in [0.29, 0.717) is 17.3 Å². The Hall–Kier alpha value is -1.75. The second-order valence-corrected chi connectivity index (χ2v) is 5.28. The van der Waals surface area contributed by atoms with Crippen LogP contribution in [0.25, 0.3) is 11.4 Å². The predicted octanol–water partition coefficient (Wildman–Crippen LogP) is 3.68.